The molecule has 0 atom stereocenters. The van der Waals surface area contributed by atoms with Crippen LogP contribution >= 0.6 is 23.4 Å². The highest BCUT2D eigenvalue weighted by atomic mass is 35.5. The molecule has 0 spiro atoms. The number of thioether (sulfide) groups is 1. The molecule has 0 unspecified atom stereocenters. The van der Waals surface area contributed by atoms with Crippen molar-refractivity contribution in [1.82, 2.24) is 0 Å². The Kier molecular flexibility index (Phi) is 5.50. The number of rotatable bonds is 5. The lowest BCUT2D eigenvalue weighted by molar-refractivity contribution is -0.113. The number of benzene rings is 1. The standard InChI is InChI=1S/C13H19ClN2OS/c1-9-4-5-10(14)6-11(9)16-12(17)7-18-8-13(2,3)15/h4-6H,7-8,15H2,1-3H3,(H,16,17). The normalized spacial score (nSPS) is 11.4. The molecule has 3 N–H and O–H groups in total. The lowest BCUT2D eigenvalue weighted by atomic mass is 10.1. The Morgan fingerprint density at radius 2 is 2.17 bits per heavy atom. The van der Waals surface area contributed by atoms with Crippen molar-refractivity contribution >= 4 is 35.0 Å². The molecular formula is C13H19ClN2OS. The van der Waals surface area contributed by atoms with Crippen LogP contribution in [0.4, 0.5) is 5.69 Å². The summed E-state index contributed by atoms with van der Waals surface area (Å²) in [5.74, 6) is 1.11. The van der Waals surface area contributed by atoms with Crippen molar-refractivity contribution in [2.45, 2.75) is 26.3 Å². The predicted molar refractivity (Wildman–Crippen MR) is 80.4 cm³/mol. The first-order chi connectivity index (χ1) is 8.28. The number of amides is 1. The van der Waals surface area contributed by atoms with E-state index in [1.165, 1.54) is 11.8 Å². The SMILES string of the molecule is Cc1ccc(Cl)cc1NC(=O)CSCC(C)(C)N. The van der Waals surface area contributed by atoms with Crippen molar-refractivity contribution in [2.24, 2.45) is 5.73 Å². The summed E-state index contributed by atoms with van der Waals surface area (Å²) in [5.41, 5.74) is 7.36. The average molecular weight is 287 g/mol. The molecule has 1 aromatic carbocycles. The maximum Gasteiger partial charge on any atom is 0.234 e. The van der Waals surface area contributed by atoms with E-state index in [2.05, 4.69) is 5.32 Å². The van der Waals surface area contributed by atoms with Crippen molar-refractivity contribution in [3.05, 3.63) is 28.8 Å². The minimum Gasteiger partial charge on any atom is -0.325 e. The zero-order valence-electron chi connectivity index (χ0n) is 10.9. The molecule has 0 aliphatic carbocycles. The lowest BCUT2D eigenvalue weighted by Crippen LogP contribution is -2.35. The summed E-state index contributed by atoms with van der Waals surface area (Å²) in [4.78, 5) is 11.7. The van der Waals surface area contributed by atoms with Crippen molar-refractivity contribution in [3.8, 4) is 0 Å². The molecule has 0 aromatic heterocycles. The first-order valence-electron chi connectivity index (χ1n) is 5.70. The number of carbonyl (C=O) groups excluding carboxylic acids is 1. The second-order valence-corrected chi connectivity index (χ2v) is 6.41. The van der Waals surface area contributed by atoms with E-state index < -0.39 is 0 Å². The van der Waals surface area contributed by atoms with Gasteiger partial charge >= 0.3 is 0 Å². The summed E-state index contributed by atoms with van der Waals surface area (Å²) < 4.78 is 0. The maximum atomic E-state index is 11.7. The van der Waals surface area contributed by atoms with E-state index in [-0.39, 0.29) is 11.4 Å². The minimum atomic E-state index is -0.253. The Labute approximate surface area is 117 Å². The number of hydrogen-bond acceptors (Lipinski definition) is 3. The van der Waals surface area contributed by atoms with Crippen molar-refractivity contribution in [1.29, 1.82) is 0 Å². The van der Waals surface area contributed by atoms with Crippen molar-refractivity contribution in [2.75, 3.05) is 16.8 Å². The smallest absolute Gasteiger partial charge is 0.234 e. The van der Waals surface area contributed by atoms with E-state index >= 15 is 0 Å². The van der Waals surface area contributed by atoms with E-state index in [1.807, 2.05) is 26.8 Å². The largest absolute Gasteiger partial charge is 0.325 e. The van der Waals surface area contributed by atoms with Crippen LogP contribution in [0, 0.1) is 6.92 Å². The quantitative estimate of drug-likeness (QED) is 0.875. The average Bonchev–Trinajstić information content (AvgIpc) is 2.21. The molecule has 18 heavy (non-hydrogen) atoms. The number of nitrogens with two attached hydrogens (primary N) is 1. The van der Waals surface area contributed by atoms with Gasteiger partial charge in [-0.25, -0.2) is 0 Å². The van der Waals surface area contributed by atoms with Crippen LogP contribution < -0.4 is 11.1 Å². The van der Waals surface area contributed by atoms with Gasteiger partial charge in [-0.3, -0.25) is 4.79 Å². The minimum absolute atomic E-state index is 0.0328. The monoisotopic (exact) mass is 286 g/mol. The van der Waals surface area contributed by atoms with Crippen LogP contribution in [0.5, 0.6) is 0 Å². The van der Waals surface area contributed by atoms with Gasteiger partial charge in [-0.2, -0.15) is 11.8 Å². The van der Waals surface area contributed by atoms with Crippen LogP contribution in [-0.4, -0.2) is 23.0 Å². The van der Waals surface area contributed by atoms with Gasteiger partial charge in [0.05, 0.1) is 5.75 Å². The summed E-state index contributed by atoms with van der Waals surface area (Å²) in [5, 5.41) is 3.47. The summed E-state index contributed by atoms with van der Waals surface area (Å²) in [6.07, 6.45) is 0. The van der Waals surface area contributed by atoms with Gasteiger partial charge in [0.2, 0.25) is 5.91 Å². The van der Waals surface area contributed by atoms with Gasteiger partial charge in [0.25, 0.3) is 0 Å². The molecule has 0 radical (unpaired) electrons. The number of halogens is 1. The Hall–Kier alpha value is -0.710. The molecule has 1 aromatic rings. The highest BCUT2D eigenvalue weighted by molar-refractivity contribution is 8.00. The first kappa shape index (κ1) is 15.3. The molecule has 0 fully saturated rings. The van der Waals surface area contributed by atoms with Gasteiger partial charge in [0.15, 0.2) is 0 Å². The number of carbonyl (C=O) groups is 1. The van der Waals surface area contributed by atoms with Crippen molar-refractivity contribution in [3.63, 3.8) is 0 Å². The fourth-order valence-corrected chi connectivity index (χ4v) is 2.38. The second kappa shape index (κ2) is 6.45. The fourth-order valence-electron chi connectivity index (χ4n) is 1.32. The first-order valence-corrected chi connectivity index (χ1v) is 7.24. The third-order valence-electron chi connectivity index (χ3n) is 2.18. The van der Waals surface area contributed by atoms with E-state index in [0.29, 0.717) is 10.8 Å². The number of nitrogens with one attached hydrogen (secondary N) is 1. The molecule has 1 rings (SSSR count). The lowest BCUT2D eigenvalue weighted by Gasteiger charge is -2.17. The zero-order chi connectivity index (χ0) is 13.8. The molecule has 0 aliphatic rings. The van der Waals surface area contributed by atoms with Gasteiger partial charge in [-0.1, -0.05) is 17.7 Å². The van der Waals surface area contributed by atoms with Crippen LogP contribution in [0.3, 0.4) is 0 Å². The molecule has 0 heterocycles. The van der Waals surface area contributed by atoms with E-state index in [4.69, 9.17) is 17.3 Å². The van der Waals surface area contributed by atoms with E-state index in [9.17, 15) is 4.79 Å². The van der Waals surface area contributed by atoms with Gasteiger partial charge in [0, 0.05) is 22.0 Å². The molecule has 100 valence electrons. The van der Waals surface area contributed by atoms with E-state index in [0.717, 1.165) is 17.0 Å². The molecule has 0 saturated carbocycles. The molecule has 3 nitrogen and oxygen atoms in total. The molecular weight excluding hydrogens is 268 g/mol. The molecule has 0 saturated heterocycles. The fraction of sp³-hybridized carbons (Fsp3) is 0.462. The topological polar surface area (TPSA) is 55.1 Å². The summed E-state index contributed by atoms with van der Waals surface area (Å²) in [6, 6.07) is 5.44. The van der Waals surface area contributed by atoms with Gasteiger partial charge in [-0.15, -0.1) is 0 Å². The number of aryl methyl sites for hydroxylation is 1. The third kappa shape index (κ3) is 5.76. The summed E-state index contributed by atoms with van der Waals surface area (Å²) in [6.45, 7) is 5.82. The third-order valence-corrected chi connectivity index (χ3v) is 3.83. The molecule has 0 aliphatic heterocycles. The predicted octanol–water partition coefficient (Wildman–Crippen LogP) is 3.06. The Balaban J connectivity index is 2.47. The zero-order valence-corrected chi connectivity index (χ0v) is 12.5. The Morgan fingerprint density at radius 3 is 2.78 bits per heavy atom. The number of hydrogen-bond donors (Lipinski definition) is 2. The number of anilines is 1. The summed E-state index contributed by atoms with van der Waals surface area (Å²) in [7, 11) is 0. The highest BCUT2D eigenvalue weighted by Gasteiger charge is 2.12. The maximum absolute atomic E-state index is 11.7. The Bertz CT molecular complexity index is 429. The van der Waals surface area contributed by atoms with Crippen LogP contribution in [0.2, 0.25) is 5.02 Å². The van der Waals surface area contributed by atoms with Gasteiger partial charge in [0.1, 0.15) is 0 Å². The van der Waals surface area contributed by atoms with Crippen LogP contribution in [-0.2, 0) is 4.79 Å². The highest BCUT2D eigenvalue weighted by Crippen LogP contribution is 2.20. The Morgan fingerprint density at radius 1 is 1.50 bits per heavy atom. The van der Waals surface area contributed by atoms with Gasteiger partial charge in [-0.05, 0) is 38.5 Å². The molecule has 5 heteroatoms. The van der Waals surface area contributed by atoms with Crippen LogP contribution in [0.25, 0.3) is 0 Å². The van der Waals surface area contributed by atoms with Crippen molar-refractivity contribution < 1.29 is 4.79 Å². The molecule has 0 bridgehead atoms. The van der Waals surface area contributed by atoms with E-state index in [1.54, 1.807) is 12.1 Å². The molecule has 1 amide bonds. The second-order valence-electron chi connectivity index (χ2n) is 4.99. The van der Waals surface area contributed by atoms with Crippen LogP contribution in [0.1, 0.15) is 19.4 Å². The summed E-state index contributed by atoms with van der Waals surface area (Å²) >= 11 is 7.42. The van der Waals surface area contributed by atoms with Crippen LogP contribution in [0.15, 0.2) is 18.2 Å². The van der Waals surface area contributed by atoms with Gasteiger partial charge < -0.3 is 11.1 Å².